The van der Waals surface area contributed by atoms with Crippen LogP contribution < -0.4 is 4.74 Å². The summed E-state index contributed by atoms with van der Waals surface area (Å²) in [5.41, 5.74) is 1.67. The molecule has 0 N–H and O–H groups in total. The van der Waals surface area contributed by atoms with Crippen LogP contribution in [-0.4, -0.2) is 19.9 Å². The van der Waals surface area contributed by atoms with E-state index in [4.69, 9.17) is 4.74 Å². The van der Waals surface area contributed by atoms with Crippen LogP contribution in [0, 0.1) is 5.82 Å². The lowest BCUT2D eigenvalue weighted by Crippen LogP contribution is -2.00. The Bertz CT molecular complexity index is 823. The molecule has 4 rings (SSSR count). The maximum atomic E-state index is 15.0. The molecule has 0 radical (unpaired) electrons. The van der Waals surface area contributed by atoms with Gasteiger partial charge in [-0.3, -0.25) is 9.97 Å². The second-order valence-corrected chi connectivity index (χ2v) is 5.34. The van der Waals surface area contributed by atoms with Crippen LogP contribution in [0.3, 0.4) is 0 Å². The highest BCUT2D eigenvalue weighted by molar-refractivity contribution is 5.64. The fourth-order valence-electron chi connectivity index (χ4n) is 2.46. The van der Waals surface area contributed by atoms with E-state index in [9.17, 15) is 0 Å². The van der Waals surface area contributed by atoms with Crippen LogP contribution in [0.1, 0.15) is 24.3 Å². The van der Waals surface area contributed by atoms with Crippen molar-refractivity contribution < 1.29 is 9.13 Å². The first kappa shape index (κ1) is 13.8. The van der Waals surface area contributed by atoms with E-state index in [0.717, 1.165) is 18.4 Å². The Balaban J connectivity index is 1.81. The summed E-state index contributed by atoms with van der Waals surface area (Å²) >= 11 is 0. The topological polar surface area (TPSA) is 60.8 Å². The zero-order chi connectivity index (χ0) is 15.6. The highest BCUT2D eigenvalue weighted by atomic mass is 19.1. The molecule has 0 bridgehead atoms. The molecule has 114 valence electrons. The minimum Gasteiger partial charge on any atom is -0.421 e. The fourth-order valence-corrected chi connectivity index (χ4v) is 2.46. The smallest absolute Gasteiger partial charge is 0.321 e. The van der Waals surface area contributed by atoms with Gasteiger partial charge in [-0.15, -0.1) is 0 Å². The van der Waals surface area contributed by atoms with Gasteiger partial charge in [0.15, 0.2) is 11.6 Å². The molecule has 1 fully saturated rings. The second-order valence-electron chi connectivity index (χ2n) is 5.34. The van der Waals surface area contributed by atoms with Crippen molar-refractivity contribution >= 4 is 0 Å². The lowest BCUT2D eigenvalue weighted by atomic mass is 10.0. The number of hydrogen-bond acceptors (Lipinski definition) is 5. The van der Waals surface area contributed by atoms with Gasteiger partial charge in [0.1, 0.15) is 0 Å². The van der Waals surface area contributed by atoms with Gasteiger partial charge < -0.3 is 4.74 Å². The van der Waals surface area contributed by atoms with Gasteiger partial charge in [-0.1, -0.05) is 6.07 Å². The molecule has 1 saturated carbocycles. The maximum Gasteiger partial charge on any atom is 0.321 e. The number of hydrogen-bond donors (Lipinski definition) is 0. The van der Waals surface area contributed by atoms with Crippen molar-refractivity contribution in [2.24, 2.45) is 0 Å². The van der Waals surface area contributed by atoms with Crippen LogP contribution >= 0.6 is 0 Å². The van der Waals surface area contributed by atoms with Crippen molar-refractivity contribution in [3.8, 4) is 23.0 Å². The molecule has 1 aromatic carbocycles. The minimum atomic E-state index is -0.456. The maximum absolute atomic E-state index is 15.0. The molecule has 0 amide bonds. The monoisotopic (exact) mass is 308 g/mol. The minimum absolute atomic E-state index is 0.129. The summed E-state index contributed by atoms with van der Waals surface area (Å²) < 4.78 is 20.7. The van der Waals surface area contributed by atoms with E-state index >= 15 is 4.39 Å². The first-order valence-corrected chi connectivity index (χ1v) is 7.36. The normalized spacial score (nSPS) is 13.8. The van der Waals surface area contributed by atoms with Crippen LogP contribution in [0.2, 0.25) is 0 Å². The summed E-state index contributed by atoms with van der Waals surface area (Å²) in [4.78, 5) is 16.2. The molecule has 3 aromatic rings. The average molecular weight is 308 g/mol. The lowest BCUT2D eigenvalue weighted by Gasteiger charge is -2.13. The van der Waals surface area contributed by atoms with E-state index < -0.39 is 5.82 Å². The van der Waals surface area contributed by atoms with Crippen molar-refractivity contribution in [2.45, 2.75) is 18.8 Å². The van der Waals surface area contributed by atoms with Crippen LogP contribution in [-0.2, 0) is 0 Å². The number of aromatic nitrogens is 4. The Morgan fingerprint density at radius 2 is 1.83 bits per heavy atom. The van der Waals surface area contributed by atoms with Crippen LogP contribution in [0.25, 0.3) is 11.3 Å². The van der Waals surface area contributed by atoms with Gasteiger partial charge in [-0.2, -0.15) is 0 Å². The van der Waals surface area contributed by atoms with E-state index in [1.807, 2.05) is 6.07 Å². The van der Waals surface area contributed by atoms with Crippen LogP contribution in [0.4, 0.5) is 4.39 Å². The molecule has 0 unspecified atom stereocenters. The number of ether oxygens (including phenoxy) is 1. The third kappa shape index (κ3) is 2.75. The zero-order valence-corrected chi connectivity index (χ0v) is 12.2. The number of benzene rings is 1. The van der Waals surface area contributed by atoms with E-state index in [2.05, 4.69) is 19.9 Å². The highest BCUT2D eigenvalue weighted by Crippen LogP contribution is 2.47. The number of rotatable bonds is 4. The Morgan fingerprint density at radius 1 is 1.00 bits per heavy atom. The third-order valence-electron chi connectivity index (χ3n) is 3.72. The van der Waals surface area contributed by atoms with Gasteiger partial charge in [-0.05, 0) is 30.9 Å². The third-order valence-corrected chi connectivity index (χ3v) is 3.72. The molecule has 0 spiro atoms. The standard InChI is InChI=1S/C17H13FN4O/c18-15-13(14-10-19-8-9-20-14)5-4-12(11-2-3-11)16(15)23-17-21-6-1-7-22-17/h1,4-11H,2-3H2. The predicted octanol–water partition coefficient (Wildman–Crippen LogP) is 3.74. The van der Waals surface area contributed by atoms with Gasteiger partial charge in [-0.25, -0.2) is 14.4 Å². The molecule has 1 aliphatic carbocycles. The van der Waals surface area contributed by atoms with E-state index in [0.29, 0.717) is 17.2 Å². The van der Waals surface area contributed by atoms with Gasteiger partial charge >= 0.3 is 6.01 Å². The number of halogens is 1. The predicted molar refractivity (Wildman–Crippen MR) is 81.5 cm³/mol. The lowest BCUT2D eigenvalue weighted by molar-refractivity contribution is 0.406. The molecule has 6 heteroatoms. The van der Waals surface area contributed by atoms with E-state index in [-0.39, 0.29) is 11.8 Å². The molecule has 0 aliphatic heterocycles. The van der Waals surface area contributed by atoms with E-state index in [1.165, 1.54) is 12.4 Å². The first-order valence-electron chi connectivity index (χ1n) is 7.36. The van der Waals surface area contributed by atoms with Crippen molar-refractivity contribution in [3.05, 3.63) is 60.6 Å². The van der Waals surface area contributed by atoms with Gasteiger partial charge in [0, 0.05) is 35.9 Å². The fraction of sp³-hybridized carbons (Fsp3) is 0.176. The highest BCUT2D eigenvalue weighted by Gasteiger charge is 2.30. The summed E-state index contributed by atoms with van der Waals surface area (Å²) in [5, 5.41) is 0. The van der Waals surface area contributed by atoms with Gasteiger partial charge in [0.25, 0.3) is 0 Å². The van der Waals surface area contributed by atoms with Crippen molar-refractivity contribution in [2.75, 3.05) is 0 Å². The van der Waals surface area contributed by atoms with Crippen molar-refractivity contribution in [1.82, 2.24) is 19.9 Å². The molecule has 1 aliphatic rings. The molecular formula is C17H13FN4O. The Kier molecular flexibility index (Phi) is 3.42. The van der Waals surface area contributed by atoms with Gasteiger partial charge in [0.05, 0.1) is 11.9 Å². The molecular weight excluding hydrogens is 295 g/mol. The molecule has 2 aromatic heterocycles. The molecule has 5 nitrogen and oxygen atoms in total. The van der Waals surface area contributed by atoms with Crippen LogP contribution in [0.15, 0.2) is 49.2 Å². The quantitative estimate of drug-likeness (QED) is 0.734. The summed E-state index contributed by atoms with van der Waals surface area (Å²) in [7, 11) is 0. The number of nitrogens with zero attached hydrogens (tertiary/aromatic N) is 4. The van der Waals surface area contributed by atoms with E-state index in [1.54, 1.807) is 30.7 Å². The average Bonchev–Trinajstić information content (AvgIpc) is 3.43. The summed E-state index contributed by atoms with van der Waals surface area (Å²) in [6, 6.07) is 5.43. The summed E-state index contributed by atoms with van der Waals surface area (Å²) in [6.45, 7) is 0. The van der Waals surface area contributed by atoms with Crippen molar-refractivity contribution in [3.63, 3.8) is 0 Å². The Hall–Kier alpha value is -2.89. The molecule has 2 heterocycles. The van der Waals surface area contributed by atoms with Crippen molar-refractivity contribution in [1.29, 1.82) is 0 Å². The molecule has 0 atom stereocenters. The van der Waals surface area contributed by atoms with Crippen LogP contribution in [0.5, 0.6) is 11.8 Å². The second kappa shape index (κ2) is 5.72. The summed E-state index contributed by atoms with van der Waals surface area (Å²) in [5.74, 6) is 0.0586. The molecule has 23 heavy (non-hydrogen) atoms. The first-order chi connectivity index (χ1) is 11.3. The zero-order valence-electron chi connectivity index (χ0n) is 12.2. The summed E-state index contributed by atoms with van der Waals surface area (Å²) in [6.07, 6.45) is 9.80. The SMILES string of the molecule is Fc1c(-c2cnccn2)ccc(C2CC2)c1Oc1ncccn1. The van der Waals surface area contributed by atoms with Gasteiger partial charge in [0.2, 0.25) is 0 Å². The largest absolute Gasteiger partial charge is 0.421 e. The Labute approximate surface area is 132 Å². The molecule has 0 saturated heterocycles. The Morgan fingerprint density at radius 3 is 2.52 bits per heavy atom.